The van der Waals surface area contributed by atoms with Crippen LogP contribution in [0.2, 0.25) is 0 Å². The molecular formula is C21H33IN4O2. The minimum absolute atomic E-state index is 0. The van der Waals surface area contributed by atoms with Gasteiger partial charge in [-0.25, -0.2) is 4.79 Å². The number of ether oxygens (including phenoxy) is 1. The zero-order chi connectivity index (χ0) is 19.7. The number of benzene rings is 1. The summed E-state index contributed by atoms with van der Waals surface area (Å²) >= 11 is 0. The lowest BCUT2D eigenvalue weighted by molar-refractivity contribution is 0.0527. The third kappa shape index (κ3) is 8.50. The molecule has 156 valence electrons. The average Bonchev–Trinajstić information content (AvgIpc) is 2.64. The summed E-state index contributed by atoms with van der Waals surface area (Å²) in [5.74, 6) is 0.899. The fourth-order valence-corrected chi connectivity index (χ4v) is 2.90. The highest BCUT2D eigenvalue weighted by Crippen LogP contribution is 2.21. The summed E-state index contributed by atoms with van der Waals surface area (Å²) in [6.07, 6.45) is 3.71. The quantitative estimate of drug-likeness (QED) is 0.279. The highest BCUT2D eigenvalue weighted by molar-refractivity contribution is 14.0. The van der Waals surface area contributed by atoms with Gasteiger partial charge in [0.25, 0.3) is 0 Å². The number of carbonyl (C=O) groups is 1. The van der Waals surface area contributed by atoms with E-state index >= 15 is 0 Å². The van der Waals surface area contributed by atoms with Crippen LogP contribution in [0.3, 0.4) is 0 Å². The van der Waals surface area contributed by atoms with E-state index in [2.05, 4.69) is 50.9 Å². The second kappa shape index (κ2) is 11.9. The lowest BCUT2D eigenvalue weighted by Gasteiger charge is -2.29. The second-order valence-electron chi connectivity index (χ2n) is 7.55. The monoisotopic (exact) mass is 500 g/mol. The molecule has 1 aliphatic rings. The normalized spacial score (nSPS) is 14.6. The van der Waals surface area contributed by atoms with Crippen molar-refractivity contribution in [1.29, 1.82) is 0 Å². The number of hydrogen-bond donors (Lipinski definition) is 2. The van der Waals surface area contributed by atoms with E-state index in [1.165, 1.54) is 11.1 Å². The maximum atomic E-state index is 11.6. The number of amides is 1. The molecule has 0 saturated heterocycles. The Hall–Kier alpha value is -1.77. The summed E-state index contributed by atoms with van der Waals surface area (Å²) in [5, 5.41) is 6.14. The standard InChI is InChI=1S/C21H32N4O2.HI/c1-21(2,3)27-20(26)24-14-8-13-23-19(22-4)25-15-11-18(12-16-25)17-9-6-5-7-10-17;/h5-7,9-11H,8,12-16H2,1-4H3,(H,22,23)(H,24,26);1H. The van der Waals surface area contributed by atoms with Gasteiger partial charge in [-0.15, -0.1) is 24.0 Å². The maximum absolute atomic E-state index is 11.6. The van der Waals surface area contributed by atoms with Crippen molar-refractivity contribution in [2.45, 2.75) is 39.2 Å². The molecule has 1 aliphatic heterocycles. The van der Waals surface area contributed by atoms with Crippen LogP contribution in [0, 0.1) is 0 Å². The first-order valence-electron chi connectivity index (χ1n) is 9.56. The molecule has 1 amide bonds. The molecule has 2 rings (SSSR count). The first kappa shape index (κ1) is 24.3. The van der Waals surface area contributed by atoms with Crippen molar-refractivity contribution in [2.24, 2.45) is 4.99 Å². The molecule has 0 atom stereocenters. The topological polar surface area (TPSA) is 66.0 Å². The fraction of sp³-hybridized carbons (Fsp3) is 0.524. The number of hydrogen-bond acceptors (Lipinski definition) is 3. The van der Waals surface area contributed by atoms with Gasteiger partial charge in [0.05, 0.1) is 0 Å². The van der Waals surface area contributed by atoms with E-state index in [0.717, 1.165) is 38.4 Å². The van der Waals surface area contributed by atoms with Gasteiger partial charge >= 0.3 is 6.09 Å². The van der Waals surface area contributed by atoms with E-state index in [0.29, 0.717) is 6.54 Å². The van der Waals surface area contributed by atoms with Crippen LogP contribution in [0.5, 0.6) is 0 Å². The number of halogens is 1. The van der Waals surface area contributed by atoms with Crippen LogP contribution < -0.4 is 10.6 Å². The molecule has 0 aliphatic carbocycles. The Balaban J connectivity index is 0.00000392. The van der Waals surface area contributed by atoms with Crippen LogP contribution in [0.4, 0.5) is 4.79 Å². The SMILES string of the molecule is CN=C(NCCCNC(=O)OC(C)(C)C)N1CC=C(c2ccccc2)CC1.I. The van der Waals surface area contributed by atoms with Crippen LogP contribution in [0.25, 0.3) is 5.57 Å². The number of rotatable bonds is 5. The van der Waals surface area contributed by atoms with Gasteiger partial charge in [-0.2, -0.15) is 0 Å². The summed E-state index contributed by atoms with van der Waals surface area (Å²) < 4.78 is 5.22. The zero-order valence-electron chi connectivity index (χ0n) is 17.3. The zero-order valence-corrected chi connectivity index (χ0v) is 19.7. The molecule has 0 spiro atoms. The number of aliphatic imine (C=N–C) groups is 1. The highest BCUT2D eigenvalue weighted by Gasteiger charge is 2.17. The smallest absolute Gasteiger partial charge is 0.407 e. The number of nitrogens with one attached hydrogen (secondary N) is 2. The Morgan fingerprint density at radius 1 is 1.18 bits per heavy atom. The number of nitrogens with zero attached hydrogens (tertiary/aromatic N) is 2. The Morgan fingerprint density at radius 3 is 2.43 bits per heavy atom. The van der Waals surface area contributed by atoms with Crippen molar-refractivity contribution in [1.82, 2.24) is 15.5 Å². The lowest BCUT2D eigenvalue weighted by Crippen LogP contribution is -2.44. The Bertz CT molecular complexity index is 669. The minimum atomic E-state index is -0.468. The highest BCUT2D eigenvalue weighted by atomic mass is 127. The van der Waals surface area contributed by atoms with Crippen LogP contribution in [-0.4, -0.2) is 55.8 Å². The molecular weight excluding hydrogens is 467 g/mol. The van der Waals surface area contributed by atoms with Crippen molar-refractivity contribution in [3.63, 3.8) is 0 Å². The molecule has 28 heavy (non-hydrogen) atoms. The molecule has 0 radical (unpaired) electrons. The molecule has 1 aromatic carbocycles. The average molecular weight is 500 g/mol. The van der Waals surface area contributed by atoms with Crippen molar-refractivity contribution < 1.29 is 9.53 Å². The summed E-state index contributed by atoms with van der Waals surface area (Å²) in [6.45, 7) is 8.67. The van der Waals surface area contributed by atoms with E-state index in [1.54, 1.807) is 7.05 Å². The lowest BCUT2D eigenvalue weighted by atomic mass is 10.00. The third-order valence-corrected chi connectivity index (χ3v) is 4.17. The Morgan fingerprint density at radius 2 is 1.86 bits per heavy atom. The van der Waals surface area contributed by atoms with E-state index in [9.17, 15) is 4.79 Å². The van der Waals surface area contributed by atoms with Crippen LogP contribution in [-0.2, 0) is 4.74 Å². The van der Waals surface area contributed by atoms with Gasteiger partial charge in [-0.1, -0.05) is 36.4 Å². The van der Waals surface area contributed by atoms with Gasteiger partial charge in [0, 0.05) is 33.2 Å². The molecule has 0 aromatic heterocycles. The summed E-state index contributed by atoms with van der Waals surface area (Å²) in [7, 11) is 1.80. The van der Waals surface area contributed by atoms with Crippen molar-refractivity contribution in [2.75, 3.05) is 33.2 Å². The number of alkyl carbamates (subject to hydrolysis) is 1. The van der Waals surface area contributed by atoms with Gasteiger partial charge in [0.2, 0.25) is 0 Å². The minimum Gasteiger partial charge on any atom is -0.444 e. The summed E-state index contributed by atoms with van der Waals surface area (Å²) in [5.41, 5.74) is 2.22. The first-order chi connectivity index (χ1) is 12.9. The van der Waals surface area contributed by atoms with Gasteiger partial charge < -0.3 is 20.3 Å². The van der Waals surface area contributed by atoms with Crippen molar-refractivity contribution in [3.05, 3.63) is 42.0 Å². The van der Waals surface area contributed by atoms with Crippen molar-refractivity contribution in [3.8, 4) is 0 Å². The molecule has 7 heteroatoms. The predicted molar refractivity (Wildman–Crippen MR) is 126 cm³/mol. The summed E-state index contributed by atoms with van der Waals surface area (Å²) in [6, 6.07) is 10.5. The summed E-state index contributed by atoms with van der Waals surface area (Å²) in [4.78, 5) is 18.2. The number of guanidine groups is 1. The van der Waals surface area contributed by atoms with Crippen LogP contribution >= 0.6 is 24.0 Å². The number of carbonyl (C=O) groups excluding carboxylic acids is 1. The second-order valence-corrected chi connectivity index (χ2v) is 7.55. The van der Waals surface area contributed by atoms with Crippen LogP contribution in [0.15, 0.2) is 41.4 Å². The largest absolute Gasteiger partial charge is 0.444 e. The van der Waals surface area contributed by atoms with E-state index < -0.39 is 5.60 Å². The van der Waals surface area contributed by atoms with E-state index in [-0.39, 0.29) is 30.1 Å². The molecule has 1 heterocycles. The third-order valence-electron chi connectivity index (χ3n) is 4.17. The van der Waals surface area contributed by atoms with Gasteiger partial charge in [0.1, 0.15) is 5.60 Å². The first-order valence-corrected chi connectivity index (χ1v) is 9.56. The Labute approximate surface area is 185 Å². The molecule has 0 unspecified atom stereocenters. The molecule has 0 fully saturated rings. The van der Waals surface area contributed by atoms with Gasteiger partial charge in [-0.3, -0.25) is 4.99 Å². The Kier molecular flexibility index (Phi) is 10.3. The molecule has 1 aromatic rings. The molecule has 0 bridgehead atoms. The van der Waals surface area contributed by atoms with E-state index in [4.69, 9.17) is 4.74 Å². The molecule has 2 N–H and O–H groups in total. The maximum Gasteiger partial charge on any atom is 0.407 e. The van der Waals surface area contributed by atoms with E-state index in [1.807, 2.05) is 26.8 Å². The molecule has 0 saturated carbocycles. The van der Waals surface area contributed by atoms with Crippen LogP contribution in [0.1, 0.15) is 39.2 Å². The van der Waals surface area contributed by atoms with Crippen molar-refractivity contribution >= 4 is 41.6 Å². The van der Waals surface area contributed by atoms with Gasteiger partial charge in [0.15, 0.2) is 5.96 Å². The fourth-order valence-electron chi connectivity index (χ4n) is 2.90. The predicted octanol–water partition coefficient (Wildman–Crippen LogP) is 3.88. The van der Waals surface area contributed by atoms with Gasteiger partial charge in [-0.05, 0) is 44.7 Å². The molecule has 6 nitrogen and oxygen atoms in total.